The number of halogens is 6. The Hall–Kier alpha value is -0.600. The topological polar surface area (TPSA) is 0 Å². The molecule has 0 aromatic heterocycles. The molecule has 0 aliphatic heterocycles. The Labute approximate surface area is 169 Å². The van der Waals surface area contributed by atoms with Crippen LogP contribution in [0.1, 0.15) is 0 Å². The van der Waals surface area contributed by atoms with Gasteiger partial charge in [0, 0.05) is 21.2 Å². The summed E-state index contributed by atoms with van der Waals surface area (Å²) in [7, 11) is 0. The zero-order valence-corrected chi connectivity index (χ0v) is 16.4. The van der Waals surface area contributed by atoms with E-state index in [1.165, 1.54) is 0 Å². The van der Waals surface area contributed by atoms with Gasteiger partial charge in [0.05, 0.1) is 20.1 Å². The highest BCUT2D eigenvalue weighted by Crippen LogP contribution is 2.38. The average Bonchev–Trinajstić information content (AvgIpc) is 2.55. The lowest BCUT2D eigenvalue weighted by Crippen LogP contribution is -1.84. The predicted molar refractivity (Wildman–Crippen MR) is 107 cm³/mol. The molecule has 0 atom stereocenters. The van der Waals surface area contributed by atoms with Crippen molar-refractivity contribution in [3.63, 3.8) is 0 Å². The van der Waals surface area contributed by atoms with Crippen molar-refractivity contribution >= 4 is 69.6 Å². The first-order chi connectivity index (χ1) is 11.4. The zero-order valence-electron chi connectivity index (χ0n) is 11.9. The molecular weight excluding hydrogens is 429 g/mol. The molecule has 0 saturated heterocycles. The zero-order chi connectivity index (χ0) is 17.4. The van der Waals surface area contributed by atoms with Crippen LogP contribution in [0.3, 0.4) is 0 Å². The van der Waals surface area contributed by atoms with Crippen LogP contribution in [0, 0.1) is 0 Å². The van der Waals surface area contributed by atoms with Crippen LogP contribution in [0.2, 0.25) is 30.1 Å². The second-order valence-electron chi connectivity index (χ2n) is 5.07. The van der Waals surface area contributed by atoms with E-state index in [0.29, 0.717) is 30.1 Å². The van der Waals surface area contributed by atoms with Crippen LogP contribution in [0.25, 0.3) is 22.3 Å². The largest absolute Gasteiger partial charge is 0.0836 e. The molecule has 0 aliphatic carbocycles. The van der Waals surface area contributed by atoms with Gasteiger partial charge in [-0.25, -0.2) is 0 Å². The quantitative estimate of drug-likeness (QED) is 0.351. The third-order valence-corrected chi connectivity index (χ3v) is 5.60. The second-order valence-corrected chi connectivity index (χ2v) is 7.51. The lowest BCUT2D eigenvalue weighted by atomic mass is 10.0. The number of hydrogen-bond acceptors (Lipinski definition) is 0. The van der Waals surface area contributed by atoms with E-state index < -0.39 is 0 Å². The van der Waals surface area contributed by atoms with Crippen LogP contribution in [0.5, 0.6) is 0 Å². The molecule has 0 unspecified atom stereocenters. The third kappa shape index (κ3) is 3.65. The summed E-state index contributed by atoms with van der Waals surface area (Å²) in [5.74, 6) is 0. The van der Waals surface area contributed by atoms with Crippen molar-refractivity contribution in [1.29, 1.82) is 0 Å². The molecular formula is C18H8Cl6. The van der Waals surface area contributed by atoms with Crippen LogP contribution in [0.15, 0.2) is 48.5 Å². The average molecular weight is 437 g/mol. The van der Waals surface area contributed by atoms with Gasteiger partial charge in [-0.3, -0.25) is 0 Å². The van der Waals surface area contributed by atoms with Crippen LogP contribution < -0.4 is 0 Å². The van der Waals surface area contributed by atoms with E-state index in [-0.39, 0.29) is 0 Å². The first-order valence-corrected chi connectivity index (χ1v) is 9.03. The van der Waals surface area contributed by atoms with Crippen LogP contribution >= 0.6 is 69.6 Å². The molecule has 0 nitrogen and oxygen atoms in total. The van der Waals surface area contributed by atoms with Crippen LogP contribution in [-0.4, -0.2) is 0 Å². The van der Waals surface area contributed by atoms with Crippen molar-refractivity contribution in [3.8, 4) is 22.3 Å². The second kappa shape index (κ2) is 7.33. The van der Waals surface area contributed by atoms with Gasteiger partial charge in [-0.15, -0.1) is 0 Å². The number of benzene rings is 3. The highest BCUT2D eigenvalue weighted by molar-refractivity contribution is 6.44. The fourth-order valence-electron chi connectivity index (χ4n) is 2.32. The Bertz CT molecular complexity index is 839. The van der Waals surface area contributed by atoms with Crippen molar-refractivity contribution in [3.05, 3.63) is 78.7 Å². The summed E-state index contributed by atoms with van der Waals surface area (Å²) in [6.07, 6.45) is 0. The van der Waals surface area contributed by atoms with Gasteiger partial charge in [0.1, 0.15) is 0 Å². The van der Waals surface area contributed by atoms with E-state index in [1.54, 1.807) is 24.3 Å². The number of rotatable bonds is 2. The Balaban J connectivity index is 2.03. The monoisotopic (exact) mass is 434 g/mol. The molecule has 0 radical (unpaired) electrons. The molecule has 3 aromatic carbocycles. The van der Waals surface area contributed by atoms with E-state index in [4.69, 9.17) is 69.6 Å². The summed E-state index contributed by atoms with van der Waals surface area (Å²) in [6, 6.07) is 14.5. The fraction of sp³-hybridized carbons (Fsp3) is 0. The minimum absolute atomic E-state index is 0.421. The molecule has 0 amide bonds. The van der Waals surface area contributed by atoms with E-state index in [9.17, 15) is 0 Å². The summed E-state index contributed by atoms with van der Waals surface area (Å²) in [5.41, 5.74) is 3.44. The number of hydrogen-bond donors (Lipinski definition) is 0. The molecule has 6 heteroatoms. The molecule has 0 fully saturated rings. The predicted octanol–water partition coefficient (Wildman–Crippen LogP) is 8.94. The smallest absolute Gasteiger partial charge is 0.0607 e. The van der Waals surface area contributed by atoms with E-state index >= 15 is 0 Å². The molecule has 0 heterocycles. The SMILES string of the molecule is Clc1cc(Cl)c(-c2ccc(-c3cc(Cl)c(Cl)cc3Cl)cc2)cc1Cl. The normalized spacial score (nSPS) is 10.9. The van der Waals surface area contributed by atoms with Gasteiger partial charge in [0.2, 0.25) is 0 Å². The van der Waals surface area contributed by atoms with E-state index in [2.05, 4.69) is 0 Å². The minimum atomic E-state index is 0.421. The summed E-state index contributed by atoms with van der Waals surface area (Å²) in [6.45, 7) is 0. The Kier molecular flexibility index (Phi) is 5.56. The lowest BCUT2D eigenvalue weighted by molar-refractivity contribution is 1.59. The molecule has 0 bridgehead atoms. The summed E-state index contributed by atoms with van der Waals surface area (Å²) in [5, 5.41) is 2.81. The maximum atomic E-state index is 6.26. The van der Waals surface area contributed by atoms with Gasteiger partial charge in [-0.05, 0) is 35.4 Å². The van der Waals surface area contributed by atoms with Crippen molar-refractivity contribution in [1.82, 2.24) is 0 Å². The molecule has 3 rings (SSSR count). The molecule has 0 spiro atoms. The third-order valence-electron chi connectivity index (χ3n) is 3.53. The van der Waals surface area contributed by atoms with Crippen molar-refractivity contribution < 1.29 is 0 Å². The van der Waals surface area contributed by atoms with Crippen LogP contribution in [0.4, 0.5) is 0 Å². The lowest BCUT2D eigenvalue weighted by Gasteiger charge is -2.10. The molecule has 122 valence electrons. The summed E-state index contributed by atoms with van der Waals surface area (Å²) < 4.78 is 0. The highest BCUT2D eigenvalue weighted by Gasteiger charge is 2.11. The van der Waals surface area contributed by atoms with E-state index in [1.807, 2.05) is 24.3 Å². The summed E-state index contributed by atoms with van der Waals surface area (Å²) in [4.78, 5) is 0. The van der Waals surface area contributed by atoms with Gasteiger partial charge in [0.25, 0.3) is 0 Å². The van der Waals surface area contributed by atoms with Crippen molar-refractivity contribution in [2.75, 3.05) is 0 Å². The Morgan fingerprint density at radius 3 is 1.00 bits per heavy atom. The molecule has 0 aliphatic rings. The van der Waals surface area contributed by atoms with Crippen LogP contribution in [-0.2, 0) is 0 Å². The molecule has 3 aromatic rings. The maximum absolute atomic E-state index is 6.26. The summed E-state index contributed by atoms with van der Waals surface area (Å²) >= 11 is 36.6. The molecule has 24 heavy (non-hydrogen) atoms. The van der Waals surface area contributed by atoms with Gasteiger partial charge in [0.15, 0.2) is 0 Å². The fourth-order valence-corrected chi connectivity index (χ4v) is 3.63. The molecule has 0 saturated carbocycles. The molecule has 0 N–H and O–H groups in total. The van der Waals surface area contributed by atoms with Gasteiger partial charge >= 0.3 is 0 Å². The van der Waals surface area contributed by atoms with Gasteiger partial charge < -0.3 is 0 Å². The Morgan fingerprint density at radius 1 is 0.375 bits per heavy atom. The maximum Gasteiger partial charge on any atom is 0.0607 e. The standard InChI is InChI=1S/C18H8Cl6/c19-13-7-17(23)15(21)5-11(13)9-1-2-10(4-3-9)12-6-16(22)18(24)8-14(12)20/h1-8H. The highest BCUT2D eigenvalue weighted by atomic mass is 35.5. The first-order valence-electron chi connectivity index (χ1n) is 6.76. The van der Waals surface area contributed by atoms with Gasteiger partial charge in [-0.2, -0.15) is 0 Å². The Morgan fingerprint density at radius 2 is 0.667 bits per heavy atom. The van der Waals surface area contributed by atoms with Crippen molar-refractivity contribution in [2.45, 2.75) is 0 Å². The minimum Gasteiger partial charge on any atom is -0.0836 e. The first kappa shape index (κ1) is 18.2. The van der Waals surface area contributed by atoms with Gasteiger partial charge in [-0.1, -0.05) is 93.9 Å². The van der Waals surface area contributed by atoms with E-state index in [0.717, 1.165) is 22.3 Å². The van der Waals surface area contributed by atoms with Crippen molar-refractivity contribution in [2.24, 2.45) is 0 Å².